The van der Waals surface area contributed by atoms with Gasteiger partial charge in [-0.05, 0) is 37.3 Å². The van der Waals surface area contributed by atoms with Crippen LogP contribution in [0.15, 0.2) is 48.8 Å². The molecule has 0 bridgehead atoms. The molecule has 26 heavy (non-hydrogen) atoms. The highest BCUT2D eigenvalue weighted by atomic mass is 19.1. The van der Waals surface area contributed by atoms with Crippen molar-refractivity contribution in [1.29, 1.82) is 0 Å². The van der Waals surface area contributed by atoms with E-state index in [1.54, 1.807) is 31.3 Å². The maximum atomic E-state index is 14.1. The number of anilines is 1. The maximum absolute atomic E-state index is 14.1. The Labute approximate surface area is 148 Å². The highest BCUT2D eigenvalue weighted by Gasteiger charge is 2.18. The highest BCUT2D eigenvalue weighted by molar-refractivity contribution is 6.05. The number of pyridine rings is 1. The van der Waals surface area contributed by atoms with Gasteiger partial charge in [-0.3, -0.25) is 4.79 Å². The zero-order chi connectivity index (χ0) is 18.7. The second kappa shape index (κ2) is 7.14. The van der Waals surface area contributed by atoms with Gasteiger partial charge in [-0.15, -0.1) is 0 Å². The standard InChI is InChI=1S/C18H15FN4O3/c1-11-13(10-21-23(11)16-5-3-4-8-20-16)17(24)22-15-7-6-12(9-14(15)19)18(25)26-2/h3-10H,1-2H3,(H,22,24). The van der Waals surface area contributed by atoms with Crippen molar-refractivity contribution in [3.8, 4) is 5.82 Å². The van der Waals surface area contributed by atoms with E-state index in [0.29, 0.717) is 11.5 Å². The number of hydrogen-bond acceptors (Lipinski definition) is 5. The van der Waals surface area contributed by atoms with Crippen molar-refractivity contribution in [2.45, 2.75) is 6.92 Å². The summed E-state index contributed by atoms with van der Waals surface area (Å²) in [7, 11) is 1.21. The quantitative estimate of drug-likeness (QED) is 0.728. The topological polar surface area (TPSA) is 86.1 Å². The Balaban J connectivity index is 1.83. The zero-order valence-corrected chi connectivity index (χ0v) is 14.1. The average molecular weight is 354 g/mol. The lowest BCUT2D eigenvalue weighted by atomic mass is 10.2. The number of nitrogens with zero attached hydrogens (tertiary/aromatic N) is 3. The summed E-state index contributed by atoms with van der Waals surface area (Å²) in [5.74, 6) is -1.35. The lowest BCUT2D eigenvalue weighted by Gasteiger charge is -2.08. The Hall–Kier alpha value is -3.55. The molecule has 0 aliphatic carbocycles. The van der Waals surface area contributed by atoms with E-state index >= 15 is 0 Å². The van der Waals surface area contributed by atoms with Gasteiger partial charge in [0, 0.05) is 6.20 Å². The largest absolute Gasteiger partial charge is 0.465 e. The van der Waals surface area contributed by atoms with Crippen LogP contribution < -0.4 is 5.32 Å². The van der Waals surface area contributed by atoms with Crippen molar-refractivity contribution in [2.24, 2.45) is 0 Å². The van der Waals surface area contributed by atoms with Crippen LogP contribution in [-0.4, -0.2) is 33.8 Å². The van der Waals surface area contributed by atoms with Gasteiger partial charge >= 0.3 is 5.97 Å². The lowest BCUT2D eigenvalue weighted by molar-refractivity contribution is 0.0600. The van der Waals surface area contributed by atoms with Crippen LogP contribution in [-0.2, 0) is 4.74 Å². The Kier molecular flexibility index (Phi) is 4.74. The van der Waals surface area contributed by atoms with Crippen LogP contribution in [0.5, 0.6) is 0 Å². The summed E-state index contributed by atoms with van der Waals surface area (Å²) in [5.41, 5.74) is 0.856. The normalized spacial score (nSPS) is 10.4. The van der Waals surface area contributed by atoms with E-state index in [-0.39, 0.29) is 16.8 Å². The van der Waals surface area contributed by atoms with E-state index in [2.05, 4.69) is 20.1 Å². The molecular formula is C18H15FN4O3. The number of methoxy groups -OCH3 is 1. The molecule has 0 aliphatic rings. The summed E-state index contributed by atoms with van der Waals surface area (Å²) in [5, 5.41) is 6.63. The lowest BCUT2D eigenvalue weighted by Crippen LogP contribution is -2.14. The Morgan fingerprint density at radius 1 is 1.23 bits per heavy atom. The van der Waals surface area contributed by atoms with E-state index in [4.69, 9.17) is 0 Å². The first kappa shape index (κ1) is 17.3. The number of hydrogen-bond donors (Lipinski definition) is 1. The SMILES string of the molecule is COC(=O)c1ccc(NC(=O)c2cnn(-c3ccccn3)c2C)c(F)c1. The monoisotopic (exact) mass is 354 g/mol. The van der Waals surface area contributed by atoms with Crippen LogP contribution in [0.3, 0.4) is 0 Å². The number of benzene rings is 1. The molecule has 8 heteroatoms. The number of nitrogens with one attached hydrogen (secondary N) is 1. The van der Waals surface area contributed by atoms with Gasteiger partial charge in [-0.25, -0.2) is 18.9 Å². The Bertz CT molecular complexity index is 970. The summed E-state index contributed by atoms with van der Waals surface area (Å²) >= 11 is 0. The molecule has 0 saturated heterocycles. The minimum atomic E-state index is -0.740. The van der Waals surface area contributed by atoms with Crippen molar-refractivity contribution in [3.63, 3.8) is 0 Å². The number of amides is 1. The predicted molar refractivity (Wildman–Crippen MR) is 91.8 cm³/mol. The van der Waals surface area contributed by atoms with E-state index in [1.165, 1.54) is 30.1 Å². The van der Waals surface area contributed by atoms with Crippen molar-refractivity contribution in [3.05, 3.63) is 71.4 Å². The number of rotatable bonds is 4. The van der Waals surface area contributed by atoms with Crippen LogP contribution in [0.2, 0.25) is 0 Å². The van der Waals surface area contributed by atoms with Gasteiger partial charge in [0.05, 0.1) is 35.8 Å². The number of aromatic nitrogens is 3. The minimum absolute atomic E-state index is 0.0485. The summed E-state index contributed by atoms with van der Waals surface area (Å²) in [4.78, 5) is 28.1. The molecule has 3 rings (SSSR count). The first-order valence-electron chi connectivity index (χ1n) is 7.66. The summed E-state index contributed by atoms with van der Waals surface area (Å²) in [6.45, 7) is 1.72. The third-order valence-electron chi connectivity index (χ3n) is 3.76. The first-order valence-corrected chi connectivity index (χ1v) is 7.66. The molecule has 0 radical (unpaired) electrons. The smallest absolute Gasteiger partial charge is 0.337 e. The van der Waals surface area contributed by atoms with Gasteiger partial charge in [0.2, 0.25) is 0 Å². The second-order valence-corrected chi connectivity index (χ2v) is 5.38. The van der Waals surface area contributed by atoms with E-state index in [1.807, 2.05) is 0 Å². The van der Waals surface area contributed by atoms with Crippen molar-refractivity contribution >= 4 is 17.6 Å². The molecule has 7 nitrogen and oxygen atoms in total. The molecular weight excluding hydrogens is 339 g/mol. The van der Waals surface area contributed by atoms with Gasteiger partial charge in [-0.1, -0.05) is 6.07 Å². The van der Waals surface area contributed by atoms with Gasteiger partial charge in [-0.2, -0.15) is 5.10 Å². The zero-order valence-electron chi connectivity index (χ0n) is 14.1. The van der Waals surface area contributed by atoms with Crippen molar-refractivity contribution < 1.29 is 18.7 Å². The number of ether oxygens (including phenoxy) is 1. The molecule has 0 aliphatic heterocycles. The molecule has 1 aromatic carbocycles. The van der Waals surface area contributed by atoms with Gasteiger partial charge in [0.25, 0.3) is 5.91 Å². The Morgan fingerprint density at radius 2 is 2.04 bits per heavy atom. The molecule has 1 N–H and O–H groups in total. The molecule has 0 fully saturated rings. The highest BCUT2D eigenvalue weighted by Crippen LogP contribution is 2.19. The fourth-order valence-electron chi connectivity index (χ4n) is 2.39. The van der Waals surface area contributed by atoms with Crippen LogP contribution in [0.4, 0.5) is 10.1 Å². The summed E-state index contributed by atoms with van der Waals surface area (Å²) < 4.78 is 20.2. The number of esters is 1. The molecule has 0 unspecified atom stereocenters. The molecule has 1 amide bonds. The number of carbonyl (C=O) groups excluding carboxylic acids is 2. The van der Waals surface area contributed by atoms with E-state index < -0.39 is 17.7 Å². The van der Waals surface area contributed by atoms with E-state index in [0.717, 1.165) is 6.07 Å². The first-order chi connectivity index (χ1) is 12.5. The molecule has 2 heterocycles. The van der Waals surface area contributed by atoms with E-state index in [9.17, 15) is 14.0 Å². The third-order valence-corrected chi connectivity index (χ3v) is 3.76. The summed E-state index contributed by atoms with van der Waals surface area (Å²) in [6.07, 6.45) is 3.01. The molecule has 132 valence electrons. The van der Waals surface area contributed by atoms with Crippen LogP contribution in [0.1, 0.15) is 26.4 Å². The molecule has 2 aromatic heterocycles. The number of halogens is 1. The van der Waals surface area contributed by atoms with Gasteiger partial charge in [0.1, 0.15) is 5.82 Å². The molecule has 3 aromatic rings. The third kappa shape index (κ3) is 3.30. The average Bonchev–Trinajstić information content (AvgIpc) is 3.05. The van der Waals surface area contributed by atoms with Crippen LogP contribution in [0.25, 0.3) is 5.82 Å². The van der Waals surface area contributed by atoms with Gasteiger partial charge in [0.15, 0.2) is 5.82 Å². The Morgan fingerprint density at radius 3 is 2.69 bits per heavy atom. The fraction of sp³-hybridized carbons (Fsp3) is 0.111. The molecule has 0 atom stereocenters. The number of carbonyl (C=O) groups is 2. The van der Waals surface area contributed by atoms with Crippen molar-refractivity contribution in [2.75, 3.05) is 12.4 Å². The summed E-state index contributed by atoms with van der Waals surface area (Å²) in [6, 6.07) is 9.02. The van der Waals surface area contributed by atoms with Gasteiger partial charge < -0.3 is 10.1 Å². The maximum Gasteiger partial charge on any atom is 0.337 e. The second-order valence-electron chi connectivity index (χ2n) is 5.38. The van der Waals surface area contributed by atoms with Crippen molar-refractivity contribution in [1.82, 2.24) is 14.8 Å². The minimum Gasteiger partial charge on any atom is -0.465 e. The van der Waals surface area contributed by atoms with Crippen LogP contribution >= 0.6 is 0 Å². The molecule has 0 spiro atoms. The molecule has 0 saturated carbocycles. The predicted octanol–water partition coefficient (Wildman–Crippen LogP) is 2.75. The van der Waals surface area contributed by atoms with Crippen LogP contribution in [0, 0.1) is 12.7 Å². The fourth-order valence-corrected chi connectivity index (χ4v) is 2.39.